The molecule has 0 amide bonds. The predicted molar refractivity (Wildman–Crippen MR) is 43.7 cm³/mol. The first-order valence-corrected chi connectivity index (χ1v) is 6.47. The lowest BCUT2D eigenvalue weighted by molar-refractivity contribution is 0.202. The van der Waals surface area contributed by atoms with Gasteiger partial charge in [0.15, 0.2) is 0 Å². The van der Waals surface area contributed by atoms with E-state index in [1.807, 2.05) is 0 Å². The number of aliphatic hydroxyl groups excluding tert-OH is 1. The third kappa shape index (κ3) is 1.65. The molecule has 2 heteroatoms. The van der Waals surface area contributed by atoms with Crippen LogP contribution in [0.4, 0.5) is 0 Å². The van der Waals surface area contributed by atoms with Gasteiger partial charge < -0.3 is 5.11 Å². The smallest absolute Gasteiger partial charge is 0.0909 e. The van der Waals surface area contributed by atoms with Crippen molar-refractivity contribution >= 4 is 7.26 Å². The van der Waals surface area contributed by atoms with Crippen LogP contribution in [0.1, 0.15) is 13.3 Å². The maximum atomic E-state index is 9.22. The molecular formula is C7H16OP+. The van der Waals surface area contributed by atoms with Crippen molar-refractivity contribution in [2.45, 2.75) is 19.4 Å². The molecule has 1 N–H and O–H groups in total. The molecule has 1 nitrogen and oxygen atoms in total. The van der Waals surface area contributed by atoms with E-state index in [0.717, 1.165) is 12.6 Å². The molecule has 0 aromatic carbocycles. The SMILES string of the molecule is CC[P+]1(C)CCC(O)C1. The van der Waals surface area contributed by atoms with Gasteiger partial charge in [-0.1, -0.05) is 0 Å². The van der Waals surface area contributed by atoms with Crippen molar-refractivity contribution in [1.29, 1.82) is 0 Å². The highest BCUT2D eigenvalue weighted by molar-refractivity contribution is 7.75. The second-order valence-electron chi connectivity index (χ2n) is 3.28. The summed E-state index contributed by atoms with van der Waals surface area (Å²) in [5.74, 6) is 0. The lowest BCUT2D eigenvalue weighted by Crippen LogP contribution is -2.04. The lowest BCUT2D eigenvalue weighted by atomic mass is 10.3. The molecule has 0 aromatic rings. The maximum absolute atomic E-state index is 9.22. The van der Waals surface area contributed by atoms with Crippen LogP contribution in [0.2, 0.25) is 0 Å². The topological polar surface area (TPSA) is 20.2 Å². The van der Waals surface area contributed by atoms with Crippen LogP contribution < -0.4 is 0 Å². The van der Waals surface area contributed by atoms with Gasteiger partial charge in [-0.25, -0.2) is 0 Å². The molecule has 54 valence electrons. The van der Waals surface area contributed by atoms with Crippen LogP contribution in [0.15, 0.2) is 0 Å². The standard InChI is InChI=1S/C7H16OP/c1-3-9(2)5-4-7(8)6-9/h7-8H,3-6H2,1-2H3/q+1. The summed E-state index contributed by atoms with van der Waals surface area (Å²) in [4.78, 5) is 0. The highest BCUT2D eigenvalue weighted by Gasteiger charge is 2.38. The summed E-state index contributed by atoms with van der Waals surface area (Å²) in [5.41, 5.74) is 0. The molecule has 1 aliphatic heterocycles. The lowest BCUT2D eigenvalue weighted by Gasteiger charge is -2.12. The van der Waals surface area contributed by atoms with Gasteiger partial charge in [-0.05, 0) is 6.92 Å². The van der Waals surface area contributed by atoms with Gasteiger partial charge in [0.2, 0.25) is 0 Å². The van der Waals surface area contributed by atoms with E-state index in [2.05, 4.69) is 13.6 Å². The second kappa shape index (κ2) is 2.56. The average molecular weight is 147 g/mol. The van der Waals surface area contributed by atoms with Gasteiger partial charge in [-0.3, -0.25) is 0 Å². The predicted octanol–water partition coefficient (Wildman–Crippen LogP) is 1.42. The Hall–Kier alpha value is 0.390. The molecule has 1 fully saturated rings. The first kappa shape index (κ1) is 7.50. The quantitative estimate of drug-likeness (QED) is 0.556. The van der Waals surface area contributed by atoms with Crippen LogP contribution in [0.5, 0.6) is 0 Å². The van der Waals surface area contributed by atoms with E-state index in [9.17, 15) is 5.11 Å². The summed E-state index contributed by atoms with van der Waals surface area (Å²) in [6.45, 7) is 4.63. The molecule has 0 bridgehead atoms. The molecule has 0 aromatic heterocycles. The highest BCUT2D eigenvalue weighted by Crippen LogP contribution is 2.59. The average Bonchev–Trinajstić information content (AvgIpc) is 2.13. The van der Waals surface area contributed by atoms with E-state index in [1.165, 1.54) is 12.3 Å². The summed E-state index contributed by atoms with van der Waals surface area (Å²) < 4.78 is 0. The molecule has 2 atom stereocenters. The Kier molecular flexibility index (Phi) is 2.13. The normalized spacial score (nSPS) is 43.7. The van der Waals surface area contributed by atoms with Crippen LogP contribution in [0.25, 0.3) is 0 Å². The molecule has 1 saturated heterocycles. The van der Waals surface area contributed by atoms with Crippen molar-refractivity contribution in [3.8, 4) is 0 Å². The molecular weight excluding hydrogens is 131 g/mol. The Morgan fingerprint density at radius 2 is 2.33 bits per heavy atom. The van der Waals surface area contributed by atoms with Gasteiger partial charge >= 0.3 is 0 Å². The van der Waals surface area contributed by atoms with Crippen LogP contribution in [0, 0.1) is 0 Å². The number of hydrogen-bond donors (Lipinski definition) is 1. The number of rotatable bonds is 1. The van der Waals surface area contributed by atoms with Gasteiger partial charge in [-0.15, -0.1) is 0 Å². The van der Waals surface area contributed by atoms with Crippen molar-refractivity contribution in [3.63, 3.8) is 0 Å². The van der Waals surface area contributed by atoms with E-state index in [4.69, 9.17) is 0 Å². The molecule has 1 rings (SSSR count). The fraction of sp³-hybridized carbons (Fsp3) is 1.00. The summed E-state index contributed by atoms with van der Waals surface area (Å²) >= 11 is 0. The fourth-order valence-electron chi connectivity index (χ4n) is 1.44. The second-order valence-corrected chi connectivity index (χ2v) is 7.97. The largest absolute Gasteiger partial charge is 0.389 e. The molecule has 0 aliphatic carbocycles. The van der Waals surface area contributed by atoms with Gasteiger partial charge in [0.25, 0.3) is 0 Å². The van der Waals surface area contributed by atoms with E-state index >= 15 is 0 Å². The Morgan fingerprint density at radius 1 is 1.67 bits per heavy atom. The third-order valence-corrected chi connectivity index (χ3v) is 6.58. The van der Waals surface area contributed by atoms with Crippen LogP contribution in [0.3, 0.4) is 0 Å². The minimum atomic E-state index is -0.607. The minimum Gasteiger partial charge on any atom is -0.389 e. The molecule has 0 radical (unpaired) electrons. The minimum absolute atomic E-state index is 0.0447. The van der Waals surface area contributed by atoms with Gasteiger partial charge in [0, 0.05) is 20.3 Å². The molecule has 1 heterocycles. The Morgan fingerprint density at radius 3 is 2.56 bits per heavy atom. The zero-order valence-electron chi connectivity index (χ0n) is 6.30. The van der Waals surface area contributed by atoms with E-state index in [0.29, 0.717) is 0 Å². The van der Waals surface area contributed by atoms with E-state index in [-0.39, 0.29) is 6.10 Å². The van der Waals surface area contributed by atoms with E-state index in [1.54, 1.807) is 0 Å². The summed E-state index contributed by atoms with van der Waals surface area (Å²) in [6, 6.07) is 0. The first-order valence-electron chi connectivity index (χ1n) is 3.68. The fourth-order valence-corrected chi connectivity index (χ4v) is 4.32. The third-order valence-electron chi connectivity index (χ3n) is 2.42. The van der Waals surface area contributed by atoms with Crippen molar-refractivity contribution in [2.24, 2.45) is 0 Å². The van der Waals surface area contributed by atoms with Crippen molar-refractivity contribution in [3.05, 3.63) is 0 Å². The summed E-state index contributed by atoms with van der Waals surface area (Å²) in [7, 11) is -0.607. The Balaban J connectivity index is 2.45. The van der Waals surface area contributed by atoms with Crippen LogP contribution in [-0.2, 0) is 0 Å². The molecule has 1 aliphatic rings. The van der Waals surface area contributed by atoms with Crippen molar-refractivity contribution in [1.82, 2.24) is 0 Å². The maximum Gasteiger partial charge on any atom is 0.0909 e. The zero-order chi connectivity index (χ0) is 6.91. The number of aliphatic hydroxyl groups is 1. The Labute approximate surface area is 57.8 Å². The van der Waals surface area contributed by atoms with Crippen molar-refractivity contribution < 1.29 is 5.11 Å². The van der Waals surface area contributed by atoms with Crippen LogP contribution >= 0.6 is 7.26 Å². The molecule has 0 saturated carbocycles. The van der Waals surface area contributed by atoms with Crippen LogP contribution in [-0.4, -0.2) is 36.4 Å². The molecule has 0 spiro atoms. The molecule has 9 heavy (non-hydrogen) atoms. The highest BCUT2D eigenvalue weighted by atomic mass is 31.2. The van der Waals surface area contributed by atoms with Gasteiger partial charge in [0.05, 0.1) is 24.6 Å². The first-order chi connectivity index (χ1) is 4.16. The molecule has 2 unspecified atom stereocenters. The van der Waals surface area contributed by atoms with E-state index < -0.39 is 7.26 Å². The summed E-state index contributed by atoms with van der Waals surface area (Å²) in [6.07, 6.45) is 4.89. The van der Waals surface area contributed by atoms with Gasteiger partial charge in [0.1, 0.15) is 0 Å². The monoisotopic (exact) mass is 147 g/mol. The summed E-state index contributed by atoms with van der Waals surface area (Å²) in [5, 5.41) is 9.22. The van der Waals surface area contributed by atoms with Crippen molar-refractivity contribution in [2.75, 3.05) is 25.2 Å². The Bertz CT molecular complexity index is 105. The zero-order valence-corrected chi connectivity index (χ0v) is 7.19. The number of hydrogen-bond acceptors (Lipinski definition) is 1. The van der Waals surface area contributed by atoms with Gasteiger partial charge in [-0.2, -0.15) is 0 Å².